The molecular weight excluding hydrogens is 563 g/mol. The number of halogens is 2. The predicted molar refractivity (Wildman–Crippen MR) is 158 cm³/mol. The Balaban J connectivity index is 1.46. The van der Waals surface area contributed by atoms with Crippen molar-refractivity contribution < 1.29 is 28.2 Å². The highest BCUT2D eigenvalue weighted by Gasteiger charge is 2.39. The molecule has 42 heavy (non-hydrogen) atoms. The number of rotatable bonds is 5. The fourth-order valence-corrected chi connectivity index (χ4v) is 5.39. The molecule has 11 heteroatoms. The van der Waals surface area contributed by atoms with Crippen molar-refractivity contribution in [1.29, 1.82) is 0 Å². The lowest BCUT2D eigenvalue weighted by atomic mass is 9.86. The van der Waals surface area contributed by atoms with Crippen molar-refractivity contribution in [3.63, 3.8) is 0 Å². The molecule has 0 bridgehead atoms. The molecule has 0 unspecified atom stereocenters. The van der Waals surface area contributed by atoms with E-state index in [4.69, 9.17) is 25.7 Å². The molecule has 1 fully saturated rings. The predicted octanol–water partition coefficient (Wildman–Crippen LogP) is 6.43. The van der Waals surface area contributed by atoms with Gasteiger partial charge in [-0.05, 0) is 37.5 Å². The van der Waals surface area contributed by atoms with Gasteiger partial charge in [0.1, 0.15) is 28.5 Å². The summed E-state index contributed by atoms with van der Waals surface area (Å²) < 4.78 is 25.7. The van der Waals surface area contributed by atoms with Crippen LogP contribution in [0.4, 0.5) is 10.2 Å². The van der Waals surface area contributed by atoms with Crippen LogP contribution in [0.1, 0.15) is 61.1 Å². The van der Waals surface area contributed by atoms with Gasteiger partial charge in [-0.2, -0.15) is 0 Å². The van der Waals surface area contributed by atoms with Crippen LogP contribution < -0.4 is 9.64 Å². The van der Waals surface area contributed by atoms with Crippen LogP contribution in [-0.2, 0) is 5.41 Å². The number of piperazine rings is 1. The molecule has 3 aromatic heterocycles. The number of ether oxygens (including phenoxy) is 1. The van der Waals surface area contributed by atoms with Gasteiger partial charge in [-0.15, -0.1) is 0 Å². The van der Waals surface area contributed by atoms with E-state index in [9.17, 15) is 19.1 Å². The summed E-state index contributed by atoms with van der Waals surface area (Å²) in [6.07, 6.45) is 1.28. The molecule has 1 aromatic carbocycles. The van der Waals surface area contributed by atoms with Gasteiger partial charge in [0.05, 0.1) is 23.4 Å². The number of carbonyl (C=O) groups is 2. The zero-order chi connectivity index (χ0) is 30.6. The van der Waals surface area contributed by atoms with Crippen molar-refractivity contribution in [2.75, 3.05) is 31.6 Å². The van der Waals surface area contributed by atoms with Crippen LogP contribution in [0.2, 0.25) is 5.02 Å². The van der Waals surface area contributed by atoms with E-state index >= 15 is 0 Å². The third-order valence-electron chi connectivity index (χ3n) is 7.49. The second-order valence-electron chi connectivity index (χ2n) is 12.0. The van der Waals surface area contributed by atoms with Crippen LogP contribution >= 0.6 is 11.6 Å². The van der Waals surface area contributed by atoms with Crippen molar-refractivity contribution in [2.24, 2.45) is 0 Å². The smallest absolute Gasteiger partial charge is 0.341 e. The average molecular weight is 595 g/mol. The normalized spacial score (nSPS) is 15.2. The Hall–Kier alpha value is -4.18. The number of hydrogen-bond acceptors (Lipinski definition) is 7. The molecule has 4 heterocycles. The summed E-state index contributed by atoms with van der Waals surface area (Å²) in [6, 6.07) is 9.65. The third-order valence-corrected chi connectivity index (χ3v) is 7.79. The SMILES string of the molecule is COc1cc(N2CCN(C(=O)c3cc4nc(-c5ccc(Cl)c(F)c5)cc(C(C)(C)C)c4o3)C(C)(C)C2)ncc1C(=O)O. The lowest BCUT2D eigenvalue weighted by Crippen LogP contribution is -2.61. The molecule has 9 nitrogen and oxygen atoms in total. The minimum Gasteiger partial charge on any atom is -0.496 e. The van der Waals surface area contributed by atoms with Crippen LogP contribution in [0.25, 0.3) is 22.4 Å². The van der Waals surface area contributed by atoms with Crippen molar-refractivity contribution in [3.8, 4) is 17.0 Å². The monoisotopic (exact) mass is 594 g/mol. The van der Waals surface area contributed by atoms with E-state index in [1.165, 1.54) is 25.4 Å². The Bertz CT molecular complexity index is 1710. The Morgan fingerprint density at radius 3 is 2.50 bits per heavy atom. The minimum absolute atomic E-state index is 0.0215. The van der Waals surface area contributed by atoms with Gasteiger partial charge >= 0.3 is 5.97 Å². The van der Waals surface area contributed by atoms with E-state index < -0.39 is 17.3 Å². The van der Waals surface area contributed by atoms with Crippen LogP contribution in [-0.4, -0.2) is 64.1 Å². The number of carbonyl (C=O) groups excluding carboxylic acids is 1. The van der Waals surface area contributed by atoms with Gasteiger partial charge in [-0.3, -0.25) is 4.79 Å². The molecular formula is C31H32ClFN4O5. The Kier molecular flexibility index (Phi) is 7.39. The first-order chi connectivity index (χ1) is 19.7. The Morgan fingerprint density at radius 1 is 1.14 bits per heavy atom. The number of aromatic carboxylic acids is 1. The second-order valence-corrected chi connectivity index (χ2v) is 12.4. The first-order valence-electron chi connectivity index (χ1n) is 13.4. The van der Waals surface area contributed by atoms with Crippen LogP contribution in [0.15, 0.2) is 47.0 Å². The maximum atomic E-state index is 14.3. The van der Waals surface area contributed by atoms with E-state index in [-0.39, 0.29) is 33.4 Å². The summed E-state index contributed by atoms with van der Waals surface area (Å²) in [7, 11) is 1.41. The molecule has 1 amide bonds. The number of pyridine rings is 2. The summed E-state index contributed by atoms with van der Waals surface area (Å²) in [5.41, 5.74) is 1.97. The lowest BCUT2D eigenvalue weighted by molar-refractivity contribution is 0.0483. The fraction of sp³-hybridized carbons (Fsp3) is 0.355. The number of anilines is 1. The fourth-order valence-electron chi connectivity index (χ4n) is 5.28. The molecule has 0 aliphatic carbocycles. The minimum atomic E-state index is -1.12. The quantitative estimate of drug-likeness (QED) is 0.282. The van der Waals surface area contributed by atoms with Gasteiger partial charge in [0.2, 0.25) is 0 Å². The summed E-state index contributed by atoms with van der Waals surface area (Å²) in [5.74, 6) is -0.994. The maximum absolute atomic E-state index is 14.3. The number of nitrogens with zero attached hydrogens (tertiary/aromatic N) is 4. The molecule has 0 spiro atoms. The van der Waals surface area contributed by atoms with Crippen molar-refractivity contribution in [2.45, 2.75) is 45.6 Å². The third kappa shape index (κ3) is 5.38. The highest BCUT2D eigenvalue weighted by Crippen LogP contribution is 2.36. The number of carboxylic acids is 1. The summed E-state index contributed by atoms with van der Waals surface area (Å²) >= 11 is 5.89. The van der Waals surface area contributed by atoms with Gasteiger partial charge in [0.25, 0.3) is 5.91 Å². The maximum Gasteiger partial charge on any atom is 0.341 e. The molecule has 5 rings (SSSR count). The average Bonchev–Trinajstić information content (AvgIpc) is 3.36. The van der Waals surface area contributed by atoms with Crippen molar-refractivity contribution >= 4 is 40.4 Å². The molecule has 1 N–H and O–H groups in total. The summed E-state index contributed by atoms with van der Waals surface area (Å²) in [5, 5.41) is 9.41. The first-order valence-corrected chi connectivity index (χ1v) is 13.8. The van der Waals surface area contributed by atoms with Gasteiger partial charge in [-0.1, -0.05) is 38.4 Å². The largest absolute Gasteiger partial charge is 0.496 e. The first kappa shape index (κ1) is 29.3. The number of benzene rings is 1. The van der Waals surface area contributed by atoms with Gasteiger partial charge < -0.3 is 24.1 Å². The van der Waals surface area contributed by atoms with Gasteiger partial charge in [0.15, 0.2) is 11.3 Å². The lowest BCUT2D eigenvalue weighted by Gasteiger charge is -2.47. The van der Waals surface area contributed by atoms with Gasteiger partial charge in [0, 0.05) is 49.1 Å². The van der Waals surface area contributed by atoms with E-state index in [1.807, 2.05) is 45.6 Å². The zero-order valence-electron chi connectivity index (χ0n) is 24.3. The molecule has 4 aromatic rings. The number of hydrogen-bond donors (Lipinski definition) is 1. The van der Waals surface area contributed by atoms with E-state index in [1.54, 1.807) is 23.1 Å². The number of aromatic nitrogens is 2. The molecule has 220 valence electrons. The van der Waals surface area contributed by atoms with E-state index in [0.29, 0.717) is 47.8 Å². The van der Waals surface area contributed by atoms with Crippen molar-refractivity contribution in [1.82, 2.24) is 14.9 Å². The highest BCUT2D eigenvalue weighted by molar-refractivity contribution is 6.30. The molecule has 0 atom stereocenters. The number of carboxylic acid groups (broad SMARTS) is 1. The van der Waals surface area contributed by atoms with Crippen LogP contribution in [0.5, 0.6) is 5.75 Å². The Labute approximate surface area is 247 Å². The highest BCUT2D eigenvalue weighted by atomic mass is 35.5. The Morgan fingerprint density at radius 2 is 1.88 bits per heavy atom. The van der Waals surface area contributed by atoms with E-state index in [0.717, 1.165) is 5.56 Å². The molecule has 0 radical (unpaired) electrons. The molecule has 0 saturated carbocycles. The van der Waals surface area contributed by atoms with E-state index in [2.05, 4.69) is 4.98 Å². The number of amides is 1. The van der Waals surface area contributed by atoms with Gasteiger partial charge in [-0.25, -0.2) is 19.2 Å². The number of methoxy groups -OCH3 is 1. The summed E-state index contributed by atoms with van der Waals surface area (Å²) in [6.45, 7) is 11.3. The molecule has 1 saturated heterocycles. The van der Waals surface area contributed by atoms with Crippen LogP contribution in [0.3, 0.4) is 0 Å². The number of furan rings is 1. The molecule has 1 aliphatic rings. The standard InChI is InChI=1S/C31H32ClFN4O5/c1-30(2,3)19-12-22(17-7-8-20(32)21(33)11-17)35-23-13-25(42-27(19)23)28(38)37-10-9-36(16-31(37,4)5)26-14-24(41-6)18(15-34-26)29(39)40/h7-8,11-15H,9-10,16H2,1-6H3,(H,39,40). The van der Waals surface area contributed by atoms with Crippen LogP contribution in [0, 0.1) is 5.82 Å². The topological polar surface area (TPSA) is 109 Å². The molecule has 1 aliphatic heterocycles. The zero-order valence-corrected chi connectivity index (χ0v) is 25.0. The second kappa shape index (κ2) is 10.6. The van der Waals surface area contributed by atoms with Crippen molar-refractivity contribution in [3.05, 3.63) is 70.3 Å². The number of fused-ring (bicyclic) bond motifs is 1. The summed E-state index contributed by atoms with van der Waals surface area (Å²) in [4.78, 5) is 38.1.